The molecule has 0 unspecified atom stereocenters. The summed E-state index contributed by atoms with van der Waals surface area (Å²) in [6.45, 7) is 3.85. The Balaban J connectivity index is 2.51. The van der Waals surface area contributed by atoms with Crippen molar-refractivity contribution >= 4 is 33.0 Å². The molecule has 0 saturated heterocycles. The van der Waals surface area contributed by atoms with Gasteiger partial charge in [-0.2, -0.15) is 0 Å². The molecule has 17 heavy (non-hydrogen) atoms. The van der Waals surface area contributed by atoms with Crippen molar-refractivity contribution < 1.29 is 9.18 Å². The SMILES string of the molecule is Cc1cc(C)c(C(=O)c2cccc(F)c2Br)s1. The van der Waals surface area contributed by atoms with E-state index in [4.69, 9.17) is 0 Å². The van der Waals surface area contributed by atoms with Crippen LogP contribution >= 0.6 is 27.3 Å². The predicted octanol–water partition coefficient (Wildman–Crippen LogP) is 4.50. The van der Waals surface area contributed by atoms with Gasteiger partial charge in [0.2, 0.25) is 5.78 Å². The van der Waals surface area contributed by atoms with Gasteiger partial charge < -0.3 is 0 Å². The Kier molecular flexibility index (Phi) is 3.45. The van der Waals surface area contributed by atoms with Crippen LogP contribution in [0.25, 0.3) is 0 Å². The van der Waals surface area contributed by atoms with Crippen LogP contribution in [0.4, 0.5) is 4.39 Å². The molecule has 0 atom stereocenters. The quantitative estimate of drug-likeness (QED) is 0.746. The van der Waals surface area contributed by atoms with E-state index in [0.717, 1.165) is 10.4 Å². The summed E-state index contributed by atoms with van der Waals surface area (Å²) in [4.78, 5) is 14.0. The molecule has 0 N–H and O–H groups in total. The molecule has 0 radical (unpaired) electrons. The molecule has 1 aromatic heterocycles. The molecule has 1 heterocycles. The third kappa shape index (κ3) is 2.33. The summed E-state index contributed by atoms with van der Waals surface area (Å²) in [6.07, 6.45) is 0. The Bertz CT molecular complexity index is 589. The molecule has 88 valence electrons. The van der Waals surface area contributed by atoms with Crippen molar-refractivity contribution in [3.63, 3.8) is 0 Å². The van der Waals surface area contributed by atoms with Crippen molar-refractivity contribution in [2.45, 2.75) is 13.8 Å². The first-order valence-corrected chi connectivity index (χ1v) is 6.67. The topological polar surface area (TPSA) is 17.1 Å². The van der Waals surface area contributed by atoms with Crippen LogP contribution in [0.2, 0.25) is 0 Å². The number of rotatable bonds is 2. The number of halogens is 2. The molecule has 0 bridgehead atoms. The van der Waals surface area contributed by atoms with Crippen LogP contribution in [0.1, 0.15) is 25.7 Å². The van der Waals surface area contributed by atoms with E-state index in [2.05, 4.69) is 15.9 Å². The molecule has 0 fully saturated rings. The Labute approximate surface area is 111 Å². The highest BCUT2D eigenvalue weighted by Gasteiger charge is 2.18. The zero-order valence-electron chi connectivity index (χ0n) is 9.38. The molecule has 0 spiro atoms. The van der Waals surface area contributed by atoms with Gasteiger partial charge in [0, 0.05) is 10.4 Å². The van der Waals surface area contributed by atoms with Crippen LogP contribution < -0.4 is 0 Å². The van der Waals surface area contributed by atoms with Crippen LogP contribution in [0.15, 0.2) is 28.7 Å². The molecular weight excluding hydrogens is 303 g/mol. The maximum atomic E-state index is 13.4. The minimum Gasteiger partial charge on any atom is -0.288 e. The van der Waals surface area contributed by atoms with Gasteiger partial charge in [-0.05, 0) is 53.5 Å². The zero-order valence-corrected chi connectivity index (χ0v) is 11.8. The number of ketones is 1. The summed E-state index contributed by atoms with van der Waals surface area (Å²) in [5, 5.41) is 0. The van der Waals surface area contributed by atoms with Gasteiger partial charge in [0.05, 0.1) is 9.35 Å². The first-order valence-electron chi connectivity index (χ1n) is 5.06. The fourth-order valence-electron chi connectivity index (χ4n) is 1.67. The predicted molar refractivity (Wildman–Crippen MR) is 71.3 cm³/mol. The van der Waals surface area contributed by atoms with Crippen molar-refractivity contribution in [2.75, 3.05) is 0 Å². The van der Waals surface area contributed by atoms with Crippen LogP contribution in [-0.2, 0) is 0 Å². The van der Waals surface area contributed by atoms with Crippen molar-refractivity contribution in [3.8, 4) is 0 Å². The van der Waals surface area contributed by atoms with Gasteiger partial charge in [-0.15, -0.1) is 11.3 Å². The second-order valence-electron chi connectivity index (χ2n) is 3.80. The average molecular weight is 313 g/mol. The highest BCUT2D eigenvalue weighted by molar-refractivity contribution is 9.10. The van der Waals surface area contributed by atoms with Crippen molar-refractivity contribution in [1.29, 1.82) is 0 Å². The van der Waals surface area contributed by atoms with Gasteiger partial charge in [-0.1, -0.05) is 6.07 Å². The molecule has 1 nitrogen and oxygen atoms in total. The number of benzene rings is 1. The zero-order chi connectivity index (χ0) is 12.6. The molecule has 0 aliphatic carbocycles. The van der Waals surface area contributed by atoms with Crippen LogP contribution in [0, 0.1) is 19.7 Å². The maximum absolute atomic E-state index is 13.4. The number of carbonyl (C=O) groups excluding carboxylic acids is 1. The number of hydrogen-bond donors (Lipinski definition) is 0. The molecule has 2 aromatic rings. The van der Waals surface area contributed by atoms with E-state index < -0.39 is 5.82 Å². The van der Waals surface area contributed by atoms with Crippen molar-refractivity contribution in [3.05, 3.63) is 55.4 Å². The van der Waals surface area contributed by atoms with Gasteiger partial charge in [0.15, 0.2) is 0 Å². The van der Waals surface area contributed by atoms with Gasteiger partial charge in [-0.25, -0.2) is 4.39 Å². The fraction of sp³-hybridized carbons (Fsp3) is 0.154. The summed E-state index contributed by atoms with van der Waals surface area (Å²) < 4.78 is 13.6. The highest BCUT2D eigenvalue weighted by Crippen LogP contribution is 2.28. The monoisotopic (exact) mass is 312 g/mol. The van der Waals surface area contributed by atoms with E-state index in [9.17, 15) is 9.18 Å². The van der Waals surface area contributed by atoms with Crippen LogP contribution in [0.5, 0.6) is 0 Å². The summed E-state index contributed by atoms with van der Waals surface area (Å²) in [5.74, 6) is -0.547. The van der Waals surface area contributed by atoms with Crippen LogP contribution in [0.3, 0.4) is 0 Å². The minimum atomic E-state index is -0.415. The van der Waals surface area contributed by atoms with E-state index in [1.165, 1.54) is 17.4 Å². The van der Waals surface area contributed by atoms with E-state index in [1.807, 2.05) is 19.9 Å². The Morgan fingerprint density at radius 1 is 1.35 bits per heavy atom. The molecule has 0 aliphatic rings. The molecule has 2 rings (SSSR count). The Hall–Kier alpha value is -1.00. The molecule has 0 aliphatic heterocycles. The van der Waals surface area contributed by atoms with E-state index in [0.29, 0.717) is 10.4 Å². The second kappa shape index (κ2) is 4.70. The van der Waals surface area contributed by atoms with Crippen molar-refractivity contribution in [2.24, 2.45) is 0 Å². The molecular formula is C13H10BrFOS. The summed E-state index contributed by atoms with van der Waals surface area (Å²) in [6, 6.07) is 6.46. The number of carbonyl (C=O) groups is 1. The maximum Gasteiger partial charge on any atom is 0.204 e. The largest absolute Gasteiger partial charge is 0.288 e. The van der Waals surface area contributed by atoms with Crippen molar-refractivity contribution in [1.82, 2.24) is 0 Å². The van der Waals surface area contributed by atoms with E-state index >= 15 is 0 Å². The highest BCUT2D eigenvalue weighted by atomic mass is 79.9. The second-order valence-corrected chi connectivity index (χ2v) is 5.85. The Morgan fingerprint density at radius 3 is 2.65 bits per heavy atom. The van der Waals surface area contributed by atoms with Gasteiger partial charge in [-0.3, -0.25) is 4.79 Å². The van der Waals surface area contributed by atoms with Crippen LogP contribution in [-0.4, -0.2) is 5.78 Å². The molecule has 0 saturated carbocycles. The van der Waals surface area contributed by atoms with E-state index in [1.54, 1.807) is 12.1 Å². The first-order chi connectivity index (χ1) is 8.00. The summed E-state index contributed by atoms with van der Waals surface area (Å²) in [7, 11) is 0. The molecule has 0 amide bonds. The smallest absolute Gasteiger partial charge is 0.204 e. The van der Waals surface area contributed by atoms with Gasteiger partial charge >= 0.3 is 0 Å². The summed E-state index contributed by atoms with van der Waals surface area (Å²) in [5.41, 5.74) is 1.31. The normalized spacial score (nSPS) is 10.6. The van der Waals surface area contributed by atoms with Gasteiger partial charge in [0.25, 0.3) is 0 Å². The number of thiophene rings is 1. The lowest BCUT2D eigenvalue weighted by Gasteiger charge is -2.03. The first kappa shape index (κ1) is 12.5. The molecule has 1 aromatic carbocycles. The average Bonchev–Trinajstić information content (AvgIpc) is 2.61. The lowest BCUT2D eigenvalue weighted by atomic mass is 10.1. The standard InChI is InChI=1S/C13H10BrFOS/c1-7-6-8(2)17-13(7)12(16)9-4-3-5-10(15)11(9)14/h3-6H,1-2H3. The third-order valence-corrected chi connectivity index (χ3v) is 4.40. The van der Waals surface area contributed by atoms with E-state index in [-0.39, 0.29) is 10.3 Å². The minimum absolute atomic E-state index is 0.132. The number of hydrogen-bond acceptors (Lipinski definition) is 2. The Morgan fingerprint density at radius 2 is 2.06 bits per heavy atom. The third-order valence-electron chi connectivity index (χ3n) is 2.44. The van der Waals surface area contributed by atoms with Gasteiger partial charge in [0.1, 0.15) is 5.82 Å². The molecule has 4 heteroatoms. The lowest BCUT2D eigenvalue weighted by molar-refractivity contribution is 0.104. The summed E-state index contributed by atoms with van der Waals surface area (Å²) >= 11 is 4.56. The fourth-order valence-corrected chi connectivity index (χ4v) is 3.09. The number of aryl methyl sites for hydroxylation is 2. The lowest BCUT2D eigenvalue weighted by Crippen LogP contribution is -2.02.